The number of hydrogen-bond donors (Lipinski definition) is 0. The average molecular weight is 323 g/mol. The molecule has 0 N–H and O–H groups in total. The fourth-order valence-electron chi connectivity index (χ4n) is 3.15. The molecule has 1 aromatic carbocycles. The van der Waals surface area contributed by atoms with Crippen LogP contribution in [0.1, 0.15) is 16.7 Å². The third kappa shape index (κ3) is 2.44. The highest BCUT2D eigenvalue weighted by Gasteiger charge is 2.22. The maximum absolute atomic E-state index is 14.4. The molecule has 0 unspecified atom stereocenters. The first-order chi connectivity index (χ1) is 11.6. The highest BCUT2D eigenvalue weighted by molar-refractivity contribution is 5.56. The largest absolute Gasteiger partial charge is 0.336 e. The van der Waals surface area contributed by atoms with Crippen LogP contribution < -0.4 is 4.90 Å². The third-order valence-electron chi connectivity index (χ3n) is 4.54. The molecule has 0 fully saturated rings. The second kappa shape index (κ2) is 5.70. The highest BCUT2D eigenvalue weighted by atomic mass is 19.1. The standard InChI is InChI=1S/C18H18FN5/c1-12-3-4-13-7-10-24(11-14(13)17(12)19)18-20-8-5-15(22-18)16-6-9-21-23(16)2/h3-6,8-9H,7,10-11H2,1-2H3. The quantitative estimate of drug-likeness (QED) is 0.727. The Hall–Kier alpha value is -2.76. The number of aryl methyl sites for hydroxylation is 2. The molecule has 0 spiro atoms. The Morgan fingerprint density at radius 2 is 2.00 bits per heavy atom. The molecule has 3 aromatic rings. The van der Waals surface area contributed by atoms with Crippen LogP contribution in [-0.2, 0) is 20.0 Å². The van der Waals surface area contributed by atoms with Crippen molar-refractivity contribution in [1.82, 2.24) is 19.7 Å². The second-order valence-corrected chi connectivity index (χ2v) is 6.09. The summed E-state index contributed by atoms with van der Waals surface area (Å²) in [5.41, 5.74) is 4.27. The summed E-state index contributed by atoms with van der Waals surface area (Å²) in [6, 6.07) is 7.66. The lowest BCUT2D eigenvalue weighted by atomic mass is 9.97. The lowest BCUT2D eigenvalue weighted by molar-refractivity contribution is 0.577. The summed E-state index contributed by atoms with van der Waals surface area (Å²) in [6.07, 6.45) is 4.28. The van der Waals surface area contributed by atoms with Crippen molar-refractivity contribution in [3.63, 3.8) is 0 Å². The van der Waals surface area contributed by atoms with Crippen molar-refractivity contribution < 1.29 is 4.39 Å². The van der Waals surface area contributed by atoms with Crippen molar-refractivity contribution in [3.8, 4) is 11.4 Å². The Kier molecular flexibility index (Phi) is 3.52. The number of hydrogen-bond acceptors (Lipinski definition) is 4. The Bertz CT molecular complexity index is 902. The lowest BCUT2D eigenvalue weighted by Crippen LogP contribution is -2.32. The predicted octanol–water partition coefficient (Wildman–Crippen LogP) is 2.89. The van der Waals surface area contributed by atoms with Gasteiger partial charge in [-0.25, -0.2) is 14.4 Å². The molecule has 3 heterocycles. The fraction of sp³-hybridized carbons (Fsp3) is 0.278. The maximum atomic E-state index is 14.4. The number of nitrogens with zero attached hydrogens (tertiary/aromatic N) is 5. The van der Waals surface area contributed by atoms with Crippen molar-refractivity contribution in [2.75, 3.05) is 11.4 Å². The van der Waals surface area contributed by atoms with Crippen LogP contribution in [0.25, 0.3) is 11.4 Å². The van der Waals surface area contributed by atoms with E-state index in [2.05, 4.69) is 15.1 Å². The molecule has 0 radical (unpaired) electrons. The molecular weight excluding hydrogens is 305 g/mol. The zero-order chi connectivity index (χ0) is 16.7. The van der Waals surface area contributed by atoms with E-state index in [0.717, 1.165) is 35.5 Å². The molecule has 4 rings (SSSR count). The van der Waals surface area contributed by atoms with Gasteiger partial charge in [0.25, 0.3) is 0 Å². The molecular formula is C18H18FN5. The van der Waals surface area contributed by atoms with E-state index in [1.165, 1.54) is 0 Å². The second-order valence-electron chi connectivity index (χ2n) is 6.09. The number of benzene rings is 1. The topological polar surface area (TPSA) is 46.8 Å². The molecule has 0 amide bonds. The number of aromatic nitrogens is 4. The van der Waals surface area contributed by atoms with Gasteiger partial charge in [0.2, 0.25) is 5.95 Å². The summed E-state index contributed by atoms with van der Waals surface area (Å²) in [5.74, 6) is 0.514. The summed E-state index contributed by atoms with van der Waals surface area (Å²) >= 11 is 0. The Morgan fingerprint density at radius 3 is 2.79 bits per heavy atom. The molecule has 5 nitrogen and oxygen atoms in total. The highest BCUT2D eigenvalue weighted by Crippen LogP contribution is 2.27. The van der Waals surface area contributed by atoms with Gasteiger partial charge < -0.3 is 4.90 Å². The molecule has 0 saturated heterocycles. The molecule has 0 atom stereocenters. The van der Waals surface area contributed by atoms with E-state index in [-0.39, 0.29) is 5.82 Å². The van der Waals surface area contributed by atoms with Crippen LogP contribution in [0, 0.1) is 12.7 Å². The average Bonchev–Trinajstić information content (AvgIpc) is 3.04. The van der Waals surface area contributed by atoms with E-state index in [9.17, 15) is 4.39 Å². The summed E-state index contributed by atoms with van der Waals surface area (Å²) in [4.78, 5) is 11.1. The van der Waals surface area contributed by atoms with E-state index in [4.69, 9.17) is 0 Å². The summed E-state index contributed by atoms with van der Waals surface area (Å²) in [6.45, 7) is 3.08. The van der Waals surface area contributed by atoms with Crippen LogP contribution in [0.4, 0.5) is 10.3 Å². The summed E-state index contributed by atoms with van der Waals surface area (Å²) < 4.78 is 16.2. The van der Waals surface area contributed by atoms with Gasteiger partial charge in [-0.2, -0.15) is 5.10 Å². The van der Waals surface area contributed by atoms with E-state index < -0.39 is 0 Å². The molecule has 6 heteroatoms. The van der Waals surface area contributed by atoms with Gasteiger partial charge in [-0.05, 0) is 36.6 Å². The van der Waals surface area contributed by atoms with Gasteiger partial charge in [0.1, 0.15) is 5.82 Å². The number of anilines is 1. The third-order valence-corrected chi connectivity index (χ3v) is 4.54. The molecule has 1 aliphatic rings. The van der Waals surface area contributed by atoms with Crippen LogP contribution in [0.2, 0.25) is 0 Å². The molecule has 0 bridgehead atoms. The van der Waals surface area contributed by atoms with Crippen LogP contribution in [0.5, 0.6) is 0 Å². The van der Waals surface area contributed by atoms with E-state index in [0.29, 0.717) is 18.1 Å². The zero-order valence-electron chi connectivity index (χ0n) is 13.7. The lowest BCUT2D eigenvalue weighted by Gasteiger charge is -2.29. The van der Waals surface area contributed by atoms with Gasteiger partial charge in [0, 0.05) is 38.1 Å². The Balaban J connectivity index is 1.68. The molecule has 24 heavy (non-hydrogen) atoms. The summed E-state index contributed by atoms with van der Waals surface area (Å²) in [5, 5.41) is 4.18. The fourth-order valence-corrected chi connectivity index (χ4v) is 3.15. The Morgan fingerprint density at radius 1 is 1.12 bits per heavy atom. The first kappa shape index (κ1) is 14.8. The van der Waals surface area contributed by atoms with Gasteiger partial charge in [-0.1, -0.05) is 12.1 Å². The molecule has 1 aliphatic heterocycles. The minimum Gasteiger partial charge on any atom is -0.336 e. The SMILES string of the molecule is Cc1ccc2c(c1F)CN(c1nccc(-c3ccnn3C)n1)CC2. The van der Waals surface area contributed by atoms with E-state index in [1.807, 2.05) is 36.2 Å². The van der Waals surface area contributed by atoms with Gasteiger partial charge in [-0.3, -0.25) is 4.68 Å². The number of halogens is 1. The smallest absolute Gasteiger partial charge is 0.226 e. The zero-order valence-corrected chi connectivity index (χ0v) is 13.7. The number of rotatable bonds is 2. The monoisotopic (exact) mass is 323 g/mol. The first-order valence-corrected chi connectivity index (χ1v) is 7.96. The molecule has 2 aromatic heterocycles. The minimum absolute atomic E-state index is 0.111. The van der Waals surface area contributed by atoms with Crippen LogP contribution in [0.15, 0.2) is 36.7 Å². The van der Waals surface area contributed by atoms with Gasteiger partial charge >= 0.3 is 0 Å². The maximum Gasteiger partial charge on any atom is 0.226 e. The van der Waals surface area contributed by atoms with Crippen LogP contribution in [0.3, 0.4) is 0 Å². The summed E-state index contributed by atoms with van der Waals surface area (Å²) in [7, 11) is 1.88. The van der Waals surface area contributed by atoms with Gasteiger partial charge in [-0.15, -0.1) is 0 Å². The molecule has 0 aliphatic carbocycles. The Labute approximate surface area is 139 Å². The normalized spacial score (nSPS) is 13.9. The number of fused-ring (bicyclic) bond motifs is 1. The van der Waals surface area contributed by atoms with Crippen molar-refractivity contribution in [1.29, 1.82) is 0 Å². The van der Waals surface area contributed by atoms with Crippen LogP contribution in [-0.4, -0.2) is 26.3 Å². The molecule has 0 saturated carbocycles. The van der Waals surface area contributed by atoms with E-state index >= 15 is 0 Å². The first-order valence-electron chi connectivity index (χ1n) is 7.96. The molecule has 122 valence electrons. The van der Waals surface area contributed by atoms with Crippen molar-refractivity contribution in [2.24, 2.45) is 7.05 Å². The van der Waals surface area contributed by atoms with Crippen molar-refractivity contribution in [3.05, 3.63) is 59.2 Å². The predicted molar refractivity (Wildman–Crippen MR) is 90.1 cm³/mol. The van der Waals surface area contributed by atoms with Crippen molar-refractivity contribution >= 4 is 5.95 Å². The van der Waals surface area contributed by atoms with Crippen molar-refractivity contribution in [2.45, 2.75) is 19.9 Å². The minimum atomic E-state index is -0.111. The van der Waals surface area contributed by atoms with Gasteiger partial charge in [0.05, 0.1) is 11.4 Å². The van der Waals surface area contributed by atoms with E-state index in [1.54, 1.807) is 24.0 Å². The van der Waals surface area contributed by atoms with Gasteiger partial charge in [0.15, 0.2) is 0 Å². The van der Waals surface area contributed by atoms with Crippen LogP contribution >= 0.6 is 0 Å².